The van der Waals surface area contributed by atoms with Crippen LogP contribution in [0.3, 0.4) is 0 Å². The Bertz CT molecular complexity index is 1310. The van der Waals surface area contributed by atoms with Crippen molar-refractivity contribution >= 4 is 41.3 Å². The topological polar surface area (TPSA) is 64.4 Å². The van der Waals surface area contributed by atoms with Crippen molar-refractivity contribution in [3.8, 4) is 28.1 Å². The van der Waals surface area contributed by atoms with Gasteiger partial charge in [-0.05, 0) is 53.1 Å². The molecular weight excluding hydrogens is 459 g/mol. The molecule has 3 aromatic carbocycles. The summed E-state index contributed by atoms with van der Waals surface area (Å²) in [5, 5.41) is 10.5. The number of hydrogen-bond donors (Lipinski definition) is 1. The molecule has 0 unspecified atom stereocenters. The second-order valence-electron chi connectivity index (χ2n) is 7.31. The van der Waals surface area contributed by atoms with E-state index in [0.717, 1.165) is 22.3 Å². The van der Waals surface area contributed by atoms with Crippen molar-refractivity contribution in [3.63, 3.8) is 0 Å². The summed E-state index contributed by atoms with van der Waals surface area (Å²) in [5.74, 6) is 0.443. The van der Waals surface area contributed by atoms with E-state index >= 15 is 0 Å². The lowest BCUT2D eigenvalue weighted by atomic mass is 10.0. The number of carbonyl (C=O) groups excluding carboxylic acids is 1. The van der Waals surface area contributed by atoms with Crippen LogP contribution in [0, 0.1) is 0 Å². The number of carbonyl (C=O) groups is 1. The molecule has 0 aliphatic rings. The van der Waals surface area contributed by atoms with Crippen molar-refractivity contribution in [2.45, 2.75) is 6.54 Å². The summed E-state index contributed by atoms with van der Waals surface area (Å²) in [7, 11) is 1.35. The molecule has 0 bridgehead atoms. The SMILES string of the molecule is COC(=O)Cn1cc(-c2ccc(Cl)cc2Cl)nc1/C=C/c1ccc(-c2ccc(O)cc2)cc1. The summed E-state index contributed by atoms with van der Waals surface area (Å²) in [6.45, 7) is 0.0220. The zero-order valence-electron chi connectivity index (χ0n) is 17.7. The Morgan fingerprint density at radius 2 is 1.67 bits per heavy atom. The van der Waals surface area contributed by atoms with Crippen LogP contribution in [0.2, 0.25) is 10.0 Å². The van der Waals surface area contributed by atoms with Crippen molar-refractivity contribution in [3.05, 3.63) is 94.4 Å². The van der Waals surface area contributed by atoms with Gasteiger partial charge in [0.25, 0.3) is 0 Å². The monoisotopic (exact) mass is 478 g/mol. The molecule has 1 heterocycles. The van der Waals surface area contributed by atoms with E-state index in [4.69, 9.17) is 27.9 Å². The average molecular weight is 479 g/mol. The van der Waals surface area contributed by atoms with Crippen LogP contribution in [0.1, 0.15) is 11.4 Å². The van der Waals surface area contributed by atoms with Gasteiger partial charge in [0.15, 0.2) is 0 Å². The van der Waals surface area contributed by atoms with Crippen molar-refractivity contribution < 1.29 is 14.6 Å². The highest BCUT2D eigenvalue weighted by atomic mass is 35.5. The Labute approximate surface area is 201 Å². The van der Waals surface area contributed by atoms with Crippen LogP contribution in [0.5, 0.6) is 5.75 Å². The Morgan fingerprint density at radius 1 is 1.00 bits per heavy atom. The van der Waals surface area contributed by atoms with E-state index in [1.54, 1.807) is 41.1 Å². The number of aromatic hydroxyl groups is 1. The number of nitrogens with zero attached hydrogens (tertiary/aromatic N) is 2. The fourth-order valence-corrected chi connectivity index (χ4v) is 3.84. The van der Waals surface area contributed by atoms with E-state index in [1.165, 1.54) is 7.11 Å². The van der Waals surface area contributed by atoms with Gasteiger partial charge in [0.2, 0.25) is 0 Å². The molecule has 0 atom stereocenters. The van der Waals surface area contributed by atoms with E-state index in [2.05, 4.69) is 4.98 Å². The summed E-state index contributed by atoms with van der Waals surface area (Å²) in [6.07, 6.45) is 5.52. The molecule has 4 aromatic rings. The largest absolute Gasteiger partial charge is 0.508 e. The first-order chi connectivity index (χ1) is 15.9. The van der Waals surface area contributed by atoms with Crippen LogP contribution in [-0.4, -0.2) is 27.7 Å². The molecule has 1 N–H and O–H groups in total. The van der Waals surface area contributed by atoms with Crippen LogP contribution in [0.4, 0.5) is 0 Å². The standard InChI is InChI=1S/C26H20Cl2N2O3/c1-33-26(32)16-30-15-24(22-12-9-20(27)14-23(22)28)29-25(30)13-4-17-2-5-18(6-3-17)19-7-10-21(31)11-8-19/h2-15,31H,16H2,1H3/b13-4+. The van der Waals surface area contributed by atoms with Gasteiger partial charge in [-0.1, -0.05) is 65.7 Å². The fourth-order valence-electron chi connectivity index (χ4n) is 3.33. The van der Waals surface area contributed by atoms with Gasteiger partial charge < -0.3 is 14.4 Å². The predicted octanol–water partition coefficient (Wildman–Crippen LogP) is 6.57. The highest BCUT2D eigenvalue weighted by Gasteiger charge is 2.13. The van der Waals surface area contributed by atoms with Gasteiger partial charge in [0.05, 0.1) is 17.8 Å². The number of ether oxygens (including phenoxy) is 1. The van der Waals surface area contributed by atoms with Gasteiger partial charge in [-0.25, -0.2) is 4.98 Å². The van der Waals surface area contributed by atoms with Crippen molar-refractivity contribution in [2.75, 3.05) is 7.11 Å². The highest BCUT2D eigenvalue weighted by molar-refractivity contribution is 6.36. The van der Waals surface area contributed by atoms with Gasteiger partial charge in [-0.2, -0.15) is 0 Å². The molecule has 0 fully saturated rings. The molecule has 0 aliphatic heterocycles. The predicted molar refractivity (Wildman–Crippen MR) is 132 cm³/mol. The van der Waals surface area contributed by atoms with E-state index in [9.17, 15) is 9.90 Å². The van der Waals surface area contributed by atoms with Gasteiger partial charge >= 0.3 is 5.97 Å². The molecule has 7 heteroatoms. The minimum absolute atomic E-state index is 0.0220. The van der Waals surface area contributed by atoms with Crippen molar-refractivity contribution in [1.82, 2.24) is 9.55 Å². The third-order valence-electron chi connectivity index (χ3n) is 5.08. The van der Waals surface area contributed by atoms with E-state index in [-0.39, 0.29) is 18.3 Å². The maximum absolute atomic E-state index is 11.9. The van der Waals surface area contributed by atoms with Gasteiger partial charge in [0.1, 0.15) is 18.1 Å². The average Bonchev–Trinajstić information content (AvgIpc) is 3.20. The van der Waals surface area contributed by atoms with Crippen molar-refractivity contribution in [2.24, 2.45) is 0 Å². The van der Waals surface area contributed by atoms with Crippen LogP contribution >= 0.6 is 23.2 Å². The fraction of sp³-hybridized carbons (Fsp3) is 0.0769. The summed E-state index contributed by atoms with van der Waals surface area (Å²) in [5.41, 5.74) is 4.37. The normalized spacial score (nSPS) is 11.1. The lowest BCUT2D eigenvalue weighted by Crippen LogP contribution is -2.11. The lowest BCUT2D eigenvalue weighted by molar-refractivity contribution is -0.141. The molecule has 166 valence electrons. The molecule has 5 nitrogen and oxygen atoms in total. The number of phenolic OH excluding ortho intramolecular Hbond substituents is 1. The number of esters is 1. The second-order valence-corrected chi connectivity index (χ2v) is 8.16. The number of imidazole rings is 1. The quantitative estimate of drug-likeness (QED) is 0.318. The molecule has 4 rings (SSSR count). The summed E-state index contributed by atoms with van der Waals surface area (Å²) in [6, 6.07) is 20.2. The maximum atomic E-state index is 11.9. The smallest absolute Gasteiger partial charge is 0.325 e. The van der Waals surface area contributed by atoms with E-state index in [0.29, 0.717) is 21.6 Å². The first kappa shape index (κ1) is 22.6. The number of hydrogen-bond acceptors (Lipinski definition) is 4. The van der Waals surface area contributed by atoms with Crippen LogP contribution < -0.4 is 0 Å². The van der Waals surface area contributed by atoms with Crippen LogP contribution in [0.15, 0.2) is 72.9 Å². The van der Waals surface area contributed by atoms with Crippen molar-refractivity contribution in [1.29, 1.82) is 0 Å². The Morgan fingerprint density at radius 3 is 2.30 bits per heavy atom. The molecule has 0 saturated carbocycles. The molecule has 0 radical (unpaired) electrons. The second kappa shape index (κ2) is 9.94. The third kappa shape index (κ3) is 5.45. The molecule has 0 aliphatic carbocycles. The number of aromatic nitrogens is 2. The first-order valence-corrected chi connectivity index (χ1v) is 10.9. The number of phenols is 1. The number of rotatable bonds is 6. The Kier molecular flexibility index (Phi) is 6.82. The Hall–Kier alpha value is -3.54. The molecule has 0 spiro atoms. The summed E-state index contributed by atoms with van der Waals surface area (Å²) < 4.78 is 6.53. The first-order valence-electron chi connectivity index (χ1n) is 10.1. The molecule has 33 heavy (non-hydrogen) atoms. The van der Waals surface area contributed by atoms with Gasteiger partial charge in [-0.3, -0.25) is 4.79 Å². The number of benzene rings is 3. The Balaban J connectivity index is 1.62. The molecule has 0 amide bonds. The lowest BCUT2D eigenvalue weighted by Gasteiger charge is -2.04. The summed E-state index contributed by atoms with van der Waals surface area (Å²) in [4.78, 5) is 16.6. The van der Waals surface area contributed by atoms with Gasteiger partial charge in [-0.15, -0.1) is 0 Å². The van der Waals surface area contributed by atoms with E-state index < -0.39 is 0 Å². The highest BCUT2D eigenvalue weighted by Crippen LogP contribution is 2.30. The molecule has 0 saturated heterocycles. The maximum Gasteiger partial charge on any atom is 0.325 e. The minimum atomic E-state index is -0.381. The van der Waals surface area contributed by atoms with Crippen LogP contribution in [-0.2, 0) is 16.1 Å². The van der Waals surface area contributed by atoms with Crippen LogP contribution in [0.25, 0.3) is 34.5 Å². The zero-order valence-corrected chi connectivity index (χ0v) is 19.2. The third-order valence-corrected chi connectivity index (χ3v) is 5.63. The van der Waals surface area contributed by atoms with E-state index in [1.807, 2.05) is 48.6 Å². The molecular formula is C26H20Cl2N2O3. The molecule has 1 aromatic heterocycles. The summed E-state index contributed by atoms with van der Waals surface area (Å²) >= 11 is 12.4. The number of halogens is 2. The minimum Gasteiger partial charge on any atom is -0.508 e. The van der Waals surface area contributed by atoms with Gasteiger partial charge in [0, 0.05) is 16.8 Å². The number of methoxy groups -OCH3 is 1. The zero-order chi connectivity index (χ0) is 23.4.